The van der Waals surface area contributed by atoms with Crippen molar-refractivity contribution in [2.45, 2.75) is 38.1 Å². The lowest BCUT2D eigenvalue weighted by Crippen LogP contribution is -2.46. The summed E-state index contributed by atoms with van der Waals surface area (Å²) in [5.41, 5.74) is 0.142. The summed E-state index contributed by atoms with van der Waals surface area (Å²) < 4.78 is 5.42. The minimum Gasteiger partial charge on any atom is -0.396 e. The first kappa shape index (κ1) is 11.0. The number of hydrogen-bond acceptors (Lipinski definition) is 3. The van der Waals surface area contributed by atoms with Crippen LogP contribution in [0.15, 0.2) is 0 Å². The van der Waals surface area contributed by atoms with E-state index in [-0.39, 0.29) is 5.41 Å². The van der Waals surface area contributed by atoms with E-state index in [1.165, 1.54) is 25.8 Å². The summed E-state index contributed by atoms with van der Waals surface area (Å²) in [4.78, 5) is 2.65. The molecule has 3 fully saturated rings. The molecule has 0 spiro atoms. The van der Waals surface area contributed by atoms with E-state index in [0.29, 0.717) is 6.61 Å². The highest BCUT2D eigenvalue weighted by molar-refractivity contribution is 4.95. The molecule has 1 aliphatic carbocycles. The van der Waals surface area contributed by atoms with Gasteiger partial charge in [-0.1, -0.05) is 0 Å². The van der Waals surface area contributed by atoms with Crippen LogP contribution >= 0.6 is 0 Å². The third-order valence-electron chi connectivity index (χ3n) is 4.95. The van der Waals surface area contributed by atoms with Crippen LogP contribution in [0.2, 0.25) is 0 Å². The van der Waals surface area contributed by atoms with Gasteiger partial charge in [0, 0.05) is 37.8 Å². The van der Waals surface area contributed by atoms with Crippen LogP contribution in [0.4, 0.5) is 0 Å². The molecule has 3 heteroatoms. The van der Waals surface area contributed by atoms with Crippen LogP contribution in [0, 0.1) is 11.3 Å². The van der Waals surface area contributed by atoms with Gasteiger partial charge in [-0.25, -0.2) is 0 Å². The number of rotatable bonds is 3. The van der Waals surface area contributed by atoms with E-state index in [1.54, 1.807) is 0 Å². The minimum absolute atomic E-state index is 0.142. The number of ether oxygens (including phenoxy) is 1. The molecule has 1 N–H and O–H groups in total. The summed E-state index contributed by atoms with van der Waals surface area (Å²) in [6, 6.07) is 0.830. The first-order valence-electron chi connectivity index (χ1n) is 6.74. The maximum absolute atomic E-state index is 9.69. The topological polar surface area (TPSA) is 32.7 Å². The van der Waals surface area contributed by atoms with Crippen molar-refractivity contribution < 1.29 is 9.84 Å². The molecule has 2 saturated heterocycles. The quantitative estimate of drug-likeness (QED) is 0.785. The SMILES string of the molecule is OCC1(CN2CC3CCC2C3)CCOCC1. The third-order valence-corrected chi connectivity index (χ3v) is 4.95. The second-order valence-corrected chi connectivity index (χ2v) is 6.03. The Labute approximate surface area is 97.8 Å². The van der Waals surface area contributed by atoms with E-state index in [0.717, 1.165) is 44.6 Å². The summed E-state index contributed by atoms with van der Waals surface area (Å²) in [7, 11) is 0. The molecule has 16 heavy (non-hydrogen) atoms. The van der Waals surface area contributed by atoms with Crippen molar-refractivity contribution in [2.24, 2.45) is 11.3 Å². The van der Waals surface area contributed by atoms with Gasteiger partial charge in [-0.05, 0) is 38.0 Å². The fourth-order valence-corrected chi connectivity index (χ4v) is 3.82. The zero-order valence-electron chi connectivity index (χ0n) is 10.0. The van der Waals surface area contributed by atoms with Crippen molar-refractivity contribution in [1.29, 1.82) is 0 Å². The molecule has 2 unspecified atom stereocenters. The number of hydrogen-bond donors (Lipinski definition) is 1. The molecule has 0 aromatic carbocycles. The average Bonchev–Trinajstić information content (AvgIpc) is 2.92. The lowest BCUT2D eigenvalue weighted by atomic mass is 9.80. The van der Waals surface area contributed by atoms with Crippen LogP contribution in [-0.2, 0) is 4.74 Å². The Hall–Kier alpha value is -0.120. The first-order chi connectivity index (χ1) is 7.81. The Morgan fingerprint density at radius 1 is 1.25 bits per heavy atom. The predicted octanol–water partition coefficient (Wildman–Crippen LogP) is 1.26. The molecule has 0 aromatic heterocycles. The zero-order chi connectivity index (χ0) is 11.0. The van der Waals surface area contributed by atoms with E-state index in [4.69, 9.17) is 4.74 Å². The van der Waals surface area contributed by atoms with E-state index >= 15 is 0 Å². The summed E-state index contributed by atoms with van der Waals surface area (Å²) in [6.45, 7) is 4.40. The molecule has 2 heterocycles. The van der Waals surface area contributed by atoms with Crippen molar-refractivity contribution in [3.05, 3.63) is 0 Å². The molecule has 3 nitrogen and oxygen atoms in total. The Bertz CT molecular complexity index is 250. The average molecular weight is 225 g/mol. The standard InChI is InChI=1S/C13H23NO2/c15-10-13(3-5-16-6-4-13)9-14-8-11-1-2-12(14)7-11/h11-12,15H,1-10H2. The van der Waals surface area contributed by atoms with Crippen molar-refractivity contribution >= 4 is 0 Å². The first-order valence-corrected chi connectivity index (χ1v) is 6.74. The van der Waals surface area contributed by atoms with E-state index in [2.05, 4.69) is 4.90 Å². The van der Waals surface area contributed by atoms with Crippen LogP contribution < -0.4 is 0 Å². The molecular formula is C13H23NO2. The Morgan fingerprint density at radius 2 is 2.06 bits per heavy atom. The van der Waals surface area contributed by atoms with Gasteiger partial charge >= 0.3 is 0 Å². The number of piperidine rings is 1. The normalized spacial score (nSPS) is 38.1. The number of fused-ring (bicyclic) bond motifs is 2. The van der Waals surface area contributed by atoms with E-state index < -0.39 is 0 Å². The highest BCUT2D eigenvalue weighted by Crippen LogP contribution is 2.41. The van der Waals surface area contributed by atoms with Crippen LogP contribution in [0.1, 0.15) is 32.1 Å². The minimum atomic E-state index is 0.142. The Balaban J connectivity index is 1.63. The number of aliphatic hydroxyl groups is 1. The number of aliphatic hydroxyl groups excluding tert-OH is 1. The van der Waals surface area contributed by atoms with Crippen molar-refractivity contribution in [1.82, 2.24) is 4.90 Å². The third kappa shape index (κ3) is 1.89. The van der Waals surface area contributed by atoms with Gasteiger partial charge < -0.3 is 9.84 Å². The maximum Gasteiger partial charge on any atom is 0.0501 e. The van der Waals surface area contributed by atoms with Crippen molar-refractivity contribution in [3.63, 3.8) is 0 Å². The molecule has 92 valence electrons. The lowest BCUT2D eigenvalue weighted by molar-refractivity contribution is -0.0384. The molecule has 3 rings (SSSR count). The zero-order valence-corrected chi connectivity index (χ0v) is 10.0. The molecule has 1 saturated carbocycles. The van der Waals surface area contributed by atoms with Crippen LogP contribution in [-0.4, -0.2) is 49.0 Å². The smallest absolute Gasteiger partial charge is 0.0501 e. The molecule has 0 amide bonds. The number of nitrogens with zero attached hydrogens (tertiary/aromatic N) is 1. The second kappa shape index (κ2) is 4.28. The molecule has 2 bridgehead atoms. The summed E-state index contributed by atoms with van der Waals surface area (Å²) in [5, 5.41) is 9.69. The van der Waals surface area contributed by atoms with Gasteiger partial charge in [-0.3, -0.25) is 4.90 Å². The highest BCUT2D eigenvalue weighted by atomic mass is 16.5. The van der Waals surface area contributed by atoms with Crippen LogP contribution in [0.25, 0.3) is 0 Å². The predicted molar refractivity (Wildman–Crippen MR) is 62.3 cm³/mol. The summed E-state index contributed by atoms with van der Waals surface area (Å²) in [5.74, 6) is 0.959. The molecule has 0 aromatic rings. The fraction of sp³-hybridized carbons (Fsp3) is 1.00. The van der Waals surface area contributed by atoms with Crippen molar-refractivity contribution in [3.8, 4) is 0 Å². The molecular weight excluding hydrogens is 202 g/mol. The van der Waals surface area contributed by atoms with E-state index in [1.807, 2.05) is 0 Å². The summed E-state index contributed by atoms with van der Waals surface area (Å²) in [6.07, 6.45) is 6.33. The molecule has 0 radical (unpaired) electrons. The largest absolute Gasteiger partial charge is 0.396 e. The van der Waals surface area contributed by atoms with E-state index in [9.17, 15) is 5.11 Å². The van der Waals surface area contributed by atoms with Gasteiger partial charge in [0.2, 0.25) is 0 Å². The lowest BCUT2D eigenvalue weighted by Gasteiger charge is -2.41. The summed E-state index contributed by atoms with van der Waals surface area (Å²) >= 11 is 0. The second-order valence-electron chi connectivity index (χ2n) is 6.03. The molecule has 3 aliphatic rings. The van der Waals surface area contributed by atoms with Gasteiger partial charge in [0.1, 0.15) is 0 Å². The van der Waals surface area contributed by atoms with Gasteiger partial charge in [-0.2, -0.15) is 0 Å². The van der Waals surface area contributed by atoms with Gasteiger partial charge in [0.25, 0.3) is 0 Å². The monoisotopic (exact) mass is 225 g/mol. The Kier molecular flexibility index (Phi) is 2.94. The molecule has 2 atom stereocenters. The van der Waals surface area contributed by atoms with Crippen molar-refractivity contribution in [2.75, 3.05) is 32.9 Å². The maximum atomic E-state index is 9.69. The van der Waals surface area contributed by atoms with Gasteiger partial charge in [-0.15, -0.1) is 0 Å². The molecule has 2 aliphatic heterocycles. The van der Waals surface area contributed by atoms with Crippen LogP contribution in [0.5, 0.6) is 0 Å². The highest BCUT2D eigenvalue weighted by Gasteiger charge is 2.42. The van der Waals surface area contributed by atoms with Gasteiger partial charge in [0.15, 0.2) is 0 Å². The van der Waals surface area contributed by atoms with Crippen LogP contribution in [0.3, 0.4) is 0 Å². The fourth-order valence-electron chi connectivity index (χ4n) is 3.82. The Morgan fingerprint density at radius 3 is 2.62 bits per heavy atom. The van der Waals surface area contributed by atoms with Gasteiger partial charge in [0.05, 0.1) is 6.61 Å². The number of likely N-dealkylation sites (tertiary alicyclic amines) is 1.